The van der Waals surface area contributed by atoms with Gasteiger partial charge >= 0.3 is 0 Å². The number of hydrogen-bond donors (Lipinski definition) is 1. The Bertz CT molecular complexity index is 842. The van der Waals surface area contributed by atoms with Crippen LogP contribution in [-0.4, -0.2) is 11.7 Å². The second-order valence-electron chi connectivity index (χ2n) is 6.00. The van der Waals surface area contributed by atoms with Gasteiger partial charge in [-0.25, -0.2) is 0 Å². The molecule has 0 aliphatic heterocycles. The van der Waals surface area contributed by atoms with E-state index in [1.165, 1.54) is 16.3 Å². The van der Waals surface area contributed by atoms with Gasteiger partial charge in [0.05, 0.1) is 11.8 Å². The Labute approximate surface area is 147 Å². The van der Waals surface area contributed by atoms with E-state index < -0.39 is 0 Å². The maximum absolute atomic E-state index is 12.2. The second kappa shape index (κ2) is 7.54. The number of carbonyl (C=O) groups excluding carboxylic acids is 1. The average molecular weight is 335 g/mol. The van der Waals surface area contributed by atoms with Crippen LogP contribution >= 0.6 is 11.8 Å². The van der Waals surface area contributed by atoms with Crippen molar-refractivity contribution in [3.05, 3.63) is 77.9 Å². The van der Waals surface area contributed by atoms with Gasteiger partial charge in [0.2, 0.25) is 5.91 Å². The molecule has 3 heteroatoms. The smallest absolute Gasteiger partial charge is 0.230 e. The van der Waals surface area contributed by atoms with E-state index in [-0.39, 0.29) is 11.9 Å². The van der Waals surface area contributed by atoms with Crippen LogP contribution < -0.4 is 5.32 Å². The minimum atomic E-state index is 0.000670. The fraction of sp³-hybridized carbons (Fsp3) is 0.190. The molecule has 122 valence electrons. The predicted octanol–water partition coefficient (Wildman–Crippen LogP) is 5.12. The molecule has 0 fully saturated rings. The number of rotatable bonds is 5. The van der Waals surface area contributed by atoms with Crippen molar-refractivity contribution in [3.8, 4) is 0 Å². The van der Waals surface area contributed by atoms with Crippen LogP contribution in [0, 0.1) is 6.92 Å². The monoisotopic (exact) mass is 335 g/mol. The van der Waals surface area contributed by atoms with Crippen molar-refractivity contribution in [2.75, 3.05) is 5.75 Å². The third kappa shape index (κ3) is 4.18. The Morgan fingerprint density at radius 1 is 1.00 bits per heavy atom. The zero-order valence-electron chi connectivity index (χ0n) is 14.0. The molecule has 1 N–H and O–H groups in total. The van der Waals surface area contributed by atoms with Crippen molar-refractivity contribution >= 4 is 28.4 Å². The Hall–Kier alpha value is -2.26. The maximum atomic E-state index is 12.2. The van der Waals surface area contributed by atoms with Crippen LogP contribution in [0.1, 0.15) is 24.1 Å². The van der Waals surface area contributed by atoms with Crippen molar-refractivity contribution in [2.45, 2.75) is 24.8 Å². The summed E-state index contributed by atoms with van der Waals surface area (Å²) in [5, 5.41) is 5.50. The molecule has 1 amide bonds. The normalized spacial score (nSPS) is 12.1. The molecule has 24 heavy (non-hydrogen) atoms. The van der Waals surface area contributed by atoms with Crippen LogP contribution in [-0.2, 0) is 4.79 Å². The molecule has 0 spiro atoms. The lowest BCUT2D eigenvalue weighted by Crippen LogP contribution is -2.28. The first kappa shape index (κ1) is 16.6. The molecular weight excluding hydrogens is 314 g/mol. The molecule has 0 heterocycles. The predicted molar refractivity (Wildman–Crippen MR) is 102 cm³/mol. The highest BCUT2D eigenvalue weighted by molar-refractivity contribution is 8.00. The van der Waals surface area contributed by atoms with Gasteiger partial charge in [-0.15, -0.1) is 11.8 Å². The summed E-state index contributed by atoms with van der Waals surface area (Å²) in [5.74, 6) is 0.488. The number of nitrogens with one attached hydrogen (secondary N) is 1. The molecule has 0 aliphatic carbocycles. The molecule has 0 saturated carbocycles. The number of aryl methyl sites for hydroxylation is 1. The molecule has 0 saturated heterocycles. The van der Waals surface area contributed by atoms with E-state index in [9.17, 15) is 4.79 Å². The van der Waals surface area contributed by atoms with E-state index >= 15 is 0 Å². The number of carbonyl (C=O) groups is 1. The maximum Gasteiger partial charge on any atom is 0.230 e. The SMILES string of the molecule is Cc1ccc(SCC(=O)N[C@H](C)c2ccc3ccccc3c2)cc1. The van der Waals surface area contributed by atoms with E-state index in [1.807, 2.05) is 19.1 Å². The van der Waals surface area contributed by atoms with Crippen molar-refractivity contribution in [1.29, 1.82) is 0 Å². The van der Waals surface area contributed by atoms with Gasteiger partial charge in [0, 0.05) is 4.90 Å². The third-order valence-electron chi connectivity index (χ3n) is 4.04. The van der Waals surface area contributed by atoms with Gasteiger partial charge in [0.15, 0.2) is 0 Å². The van der Waals surface area contributed by atoms with Gasteiger partial charge in [0.25, 0.3) is 0 Å². The molecular formula is C21H21NOS. The lowest BCUT2D eigenvalue weighted by molar-refractivity contribution is -0.119. The number of benzene rings is 3. The zero-order chi connectivity index (χ0) is 16.9. The number of thioether (sulfide) groups is 1. The number of hydrogen-bond acceptors (Lipinski definition) is 2. The average Bonchev–Trinajstić information content (AvgIpc) is 2.61. The molecule has 0 aliphatic rings. The minimum absolute atomic E-state index is 0.000670. The summed E-state index contributed by atoms with van der Waals surface area (Å²) in [6.45, 7) is 4.09. The molecule has 0 unspecified atom stereocenters. The Kier molecular flexibility index (Phi) is 5.21. The summed E-state index contributed by atoms with van der Waals surface area (Å²) in [5.41, 5.74) is 2.36. The van der Waals surface area contributed by atoms with Crippen LogP contribution in [0.4, 0.5) is 0 Å². The van der Waals surface area contributed by atoms with Crippen LogP contribution in [0.3, 0.4) is 0 Å². The van der Waals surface area contributed by atoms with Gasteiger partial charge in [0.1, 0.15) is 0 Å². The third-order valence-corrected chi connectivity index (χ3v) is 5.05. The zero-order valence-corrected chi connectivity index (χ0v) is 14.8. The summed E-state index contributed by atoms with van der Waals surface area (Å²) in [6.07, 6.45) is 0. The van der Waals surface area contributed by atoms with Crippen LogP contribution in [0.15, 0.2) is 71.6 Å². The highest BCUT2D eigenvalue weighted by Crippen LogP contribution is 2.21. The summed E-state index contributed by atoms with van der Waals surface area (Å²) in [7, 11) is 0. The quantitative estimate of drug-likeness (QED) is 0.656. The molecule has 3 aromatic carbocycles. The van der Waals surface area contributed by atoms with Crippen molar-refractivity contribution in [2.24, 2.45) is 0 Å². The fourth-order valence-corrected chi connectivity index (χ4v) is 3.34. The first-order valence-electron chi connectivity index (χ1n) is 8.09. The van der Waals surface area contributed by atoms with E-state index in [0.29, 0.717) is 5.75 Å². The minimum Gasteiger partial charge on any atom is -0.349 e. The van der Waals surface area contributed by atoms with Crippen molar-refractivity contribution in [1.82, 2.24) is 5.32 Å². The van der Waals surface area contributed by atoms with Gasteiger partial charge in [-0.05, 0) is 48.4 Å². The highest BCUT2D eigenvalue weighted by atomic mass is 32.2. The van der Waals surface area contributed by atoms with Gasteiger partial charge in [-0.3, -0.25) is 4.79 Å². The summed E-state index contributed by atoms with van der Waals surface area (Å²) >= 11 is 1.56. The Morgan fingerprint density at radius 2 is 1.71 bits per heavy atom. The number of amides is 1. The lowest BCUT2D eigenvalue weighted by Gasteiger charge is -2.15. The first-order chi connectivity index (χ1) is 11.6. The Balaban J connectivity index is 1.59. The van der Waals surface area contributed by atoms with E-state index in [4.69, 9.17) is 0 Å². The van der Waals surface area contributed by atoms with Crippen LogP contribution in [0.2, 0.25) is 0 Å². The molecule has 3 rings (SSSR count). The molecule has 0 aromatic heterocycles. The van der Waals surface area contributed by atoms with Crippen molar-refractivity contribution < 1.29 is 4.79 Å². The molecule has 3 aromatic rings. The van der Waals surface area contributed by atoms with Crippen molar-refractivity contribution in [3.63, 3.8) is 0 Å². The number of fused-ring (bicyclic) bond motifs is 1. The Morgan fingerprint density at radius 3 is 2.46 bits per heavy atom. The molecule has 1 atom stereocenters. The van der Waals surface area contributed by atoms with Crippen LogP contribution in [0.25, 0.3) is 10.8 Å². The summed E-state index contributed by atoms with van der Waals surface area (Å²) in [4.78, 5) is 13.3. The molecule has 0 bridgehead atoms. The molecule has 0 radical (unpaired) electrons. The molecule has 2 nitrogen and oxygen atoms in total. The topological polar surface area (TPSA) is 29.1 Å². The van der Waals surface area contributed by atoms with Gasteiger partial charge in [-0.1, -0.05) is 54.1 Å². The highest BCUT2D eigenvalue weighted by Gasteiger charge is 2.10. The second-order valence-corrected chi connectivity index (χ2v) is 7.05. The van der Waals surface area contributed by atoms with E-state index in [1.54, 1.807) is 11.8 Å². The van der Waals surface area contributed by atoms with E-state index in [0.717, 1.165) is 10.5 Å². The largest absolute Gasteiger partial charge is 0.349 e. The van der Waals surface area contributed by atoms with E-state index in [2.05, 4.69) is 66.8 Å². The lowest BCUT2D eigenvalue weighted by atomic mass is 10.0. The van der Waals surface area contributed by atoms with Gasteiger partial charge in [-0.2, -0.15) is 0 Å². The summed E-state index contributed by atoms with van der Waals surface area (Å²) < 4.78 is 0. The van der Waals surface area contributed by atoms with Crippen LogP contribution in [0.5, 0.6) is 0 Å². The standard InChI is InChI=1S/C21H21NOS/c1-15-7-11-20(12-8-15)24-14-21(23)22-16(2)18-10-9-17-5-3-4-6-19(17)13-18/h3-13,16H,14H2,1-2H3,(H,22,23)/t16-/m1/s1. The fourth-order valence-electron chi connectivity index (χ4n) is 2.63. The van der Waals surface area contributed by atoms with Gasteiger partial charge < -0.3 is 5.32 Å². The first-order valence-corrected chi connectivity index (χ1v) is 9.08. The summed E-state index contributed by atoms with van der Waals surface area (Å²) in [6, 6.07) is 22.9.